The minimum absolute atomic E-state index is 0.105. The lowest BCUT2D eigenvalue weighted by Gasteiger charge is -2.15. The fourth-order valence-electron chi connectivity index (χ4n) is 2.14. The van der Waals surface area contributed by atoms with E-state index >= 15 is 0 Å². The second-order valence-electron chi connectivity index (χ2n) is 4.63. The summed E-state index contributed by atoms with van der Waals surface area (Å²) in [7, 11) is 1.60. The zero-order valence-corrected chi connectivity index (χ0v) is 13.5. The van der Waals surface area contributed by atoms with E-state index in [4.69, 9.17) is 17.0 Å². The Morgan fingerprint density at radius 3 is 2.64 bits per heavy atom. The van der Waals surface area contributed by atoms with Crippen LogP contribution in [0.15, 0.2) is 59.5 Å². The topological polar surface area (TPSA) is 29.5 Å². The highest BCUT2D eigenvalue weighted by Crippen LogP contribution is 2.36. The molecule has 0 N–H and O–H groups in total. The Balaban J connectivity index is 1.93. The van der Waals surface area contributed by atoms with Crippen molar-refractivity contribution in [3.63, 3.8) is 0 Å². The Morgan fingerprint density at radius 1 is 1.14 bits per heavy atom. The Morgan fingerprint density at radius 2 is 1.91 bits per heavy atom. The monoisotopic (exact) mass is 327 g/mol. The molecule has 1 amide bonds. The molecule has 2 aromatic rings. The van der Waals surface area contributed by atoms with E-state index in [0.717, 1.165) is 11.3 Å². The van der Waals surface area contributed by atoms with Crippen LogP contribution in [0.25, 0.3) is 6.08 Å². The number of thiocarbonyl (C=S) groups is 1. The van der Waals surface area contributed by atoms with Crippen molar-refractivity contribution >= 4 is 46.0 Å². The van der Waals surface area contributed by atoms with Crippen molar-refractivity contribution in [1.82, 2.24) is 0 Å². The average molecular weight is 327 g/mol. The molecule has 22 heavy (non-hydrogen) atoms. The van der Waals surface area contributed by atoms with E-state index in [1.165, 1.54) is 16.7 Å². The van der Waals surface area contributed by atoms with Gasteiger partial charge in [-0.15, -0.1) is 0 Å². The second-order valence-corrected chi connectivity index (χ2v) is 6.31. The van der Waals surface area contributed by atoms with Gasteiger partial charge in [-0.2, -0.15) is 0 Å². The van der Waals surface area contributed by atoms with Crippen molar-refractivity contribution in [2.24, 2.45) is 0 Å². The molecular weight excluding hydrogens is 314 g/mol. The van der Waals surface area contributed by atoms with Crippen LogP contribution in [-0.4, -0.2) is 17.3 Å². The summed E-state index contributed by atoms with van der Waals surface area (Å²) >= 11 is 6.67. The van der Waals surface area contributed by atoms with E-state index in [9.17, 15) is 4.79 Å². The standard InChI is InChI=1S/C17H13NO2S2/c1-20-14-9-5-8-13(11-14)18-16(19)15(22-17(18)21)10-12-6-3-2-4-7-12/h2-11H,1H3. The predicted octanol–water partition coefficient (Wildman–Crippen LogP) is 4.10. The molecule has 0 saturated carbocycles. The normalized spacial score (nSPS) is 16.4. The van der Waals surface area contributed by atoms with Gasteiger partial charge < -0.3 is 4.74 Å². The molecule has 3 nitrogen and oxygen atoms in total. The number of benzene rings is 2. The molecular formula is C17H13NO2S2. The maximum Gasteiger partial charge on any atom is 0.270 e. The third-order valence-corrected chi connectivity index (χ3v) is 4.50. The number of methoxy groups -OCH3 is 1. The molecule has 0 unspecified atom stereocenters. The van der Waals surface area contributed by atoms with Crippen LogP contribution in [0.2, 0.25) is 0 Å². The first kappa shape index (κ1) is 14.8. The summed E-state index contributed by atoms with van der Waals surface area (Å²) in [6, 6.07) is 17.1. The molecule has 0 aromatic heterocycles. The van der Waals surface area contributed by atoms with Gasteiger partial charge in [-0.25, -0.2) is 0 Å². The fourth-order valence-corrected chi connectivity index (χ4v) is 3.44. The molecule has 3 rings (SSSR count). The average Bonchev–Trinajstić information content (AvgIpc) is 2.82. The molecule has 1 heterocycles. The molecule has 1 aliphatic rings. The summed E-state index contributed by atoms with van der Waals surface area (Å²) in [6.07, 6.45) is 1.86. The SMILES string of the molecule is COc1cccc(N2C(=O)C(=Cc3ccccc3)SC2=S)c1. The molecule has 0 radical (unpaired) electrons. The lowest BCUT2D eigenvalue weighted by atomic mass is 10.2. The predicted molar refractivity (Wildman–Crippen MR) is 95.1 cm³/mol. The van der Waals surface area contributed by atoms with E-state index in [2.05, 4.69) is 0 Å². The highest BCUT2D eigenvalue weighted by molar-refractivity contribution is 8.27. The fraction of sp³-hybridized carbons (Fsp3) is 0.0588. The molecule has 1 fully saturated rings. The van der Waals surface area contributed by atoms with Crippen LogP contribution in [0.4, 0.5) is 5.69 Å². The van der Waals surface area contributed by atoms with Crippen molar-refractivity contribution in [2.75, 3.05) is 12.0 Å². The number of thioether (sulfide) groups is 1. The highest BCUT2D eigenvalue weighted by Gasteiger charge is 2.33. The minimum Gasteiger partial charge on any atom is -0.497 e. The van der Waals surface area contributed by atoms with E-state index < -0.39 is 0 Å². The van der Waals surface area contributed by atoms with Gasteiger partial charge in [0.1, 0.15) is 5.75 Å². The van der Waals surface area contributed by atoms with Crippen molar-refractivity contribution in [2.45, 2.75) is 0 Å². The van der Waals surface area contributed by atoms with Crippen LogP contribution >= 0.6 is 24.0 Å². The number of anilines is 1. The summed E-state index contributed by atoms with van der Waals surface area (Å²) in [4.78, 5) is 14.8. The van der Waals surface area contributed by atoms with Crippen LogP contribution in [0.3, 0.4) is 0 Å². The van der Waals surface area contributed by atoms with Gasteiger partial charge in [-0.1, -0.05) is 60.4 Å². The van der Waals surface area contributed by atoms with E-state index in [1.54, 1.807) is 13.2 Å². The maximum absolute atomic E-state index is 12.6. The summed E-state index contributed by atoms with van der Waals surface area (Å²) < 4.78 is 5.73. The minimum atomic E-state index is -0.105. The lowest BCUT2D eigenvalue weighted by molar-refractivity contribution is -0.113. The third kappa shape index (κ3) is 2.91. The Bertz CT molecular complexity index is 756. The Kier molecular flexibility index (Phi) is 4.27. The zero-order chi connectivity index (χ0) is 15.5. The smallest absolute Gasteiger partial charge is 0.270 e. The largest absolute Gasteiger partial charge is 0.497 e. The summed E-state index contributed by atoms with van der Waals surface area (Å²) in [5.41, 5.74) is 1.70. The Hall–Kier alpha value is -2.11. The number of ether oxygens (including phenoxy) is 1. The number of hydrogen-bond acceptors (Lipinski definition) is 4. The van der Waals surface area contributed by atoms with Gasteiger partial charge in [-0.05, 0) is 23.8 Å². The van der Waals surface area contributed by atoms with Crippen LogP contribution in [0, 0.1) is 0 Å². The third-order valence-electron chi connectivity index (χ3n) is 3.20. The number of nitrogens with zero attached hydrogens (tertiary/aromatic N) is 1. The molecule has 1 aliphatic heterocycles. The molecule has 110 valence electrons. The van der Waals surface area contributed by atoms with E-state index in [0.29, 0.717) is 15.0 Å². The maximum atomic E-state index is 12.6. The zero-order valence-electron chi connectivity index (χ0n) is 11.9. The first-order valence-corrected chi connectivity index (χ1v) is 7.88. The van der Waals surface area contributed by atoms with Gasteiger partial charge in [0.15, 0.2) is 4.32 Å². The number of carbonyl (C=O) groups excluding carboxylic acids is 1. The highest BCUT2D eigenvalue weighted by atomic mass is 32.2. The molecule has 0 spiro atoms. The van der Waals surface area contributed by atoms with Gasteiger partial charge in [0.25, 0.3) is 5.91 Å². The molecule has 5 heteroatoms. The van der Waals surface area contributed by atoms with Crippen molar-refractivity contribution in [3.05, 3.63) is 65.1 Å². The summed E-state index contributed by atoms with van der Waals surface area (Å²) in [5, 5.41) is 0. The first-order chi connectivity index (χ1) is 10.7. The van der Waals surface area contributed by atoms with Crippen LogP contribution in [-0.2, 0) is 4.79 Å². The molecule has 2 aromatic carbocycles. The van der Waals surface area contributed by atoms with Gasteiger partial charge >= 0.3 is 0 Å². The second kappa shape index (κ2) is 6.34. The van der Waals surface area contributed by atoms with Crippen molar-refractivity contribution < 1.29 is 9.53 Å². The molecule has 0 atom stereocenters. The molecule has 0 bridgehead atoms. The summed E-state index contributed by atoms with van der Waals surface area (Å²) in [5.74, 6) is 0.589. The van der Waals surface area contributed by atoms with Crippen molar-refractivity contribution in [3.8, 4) is 5.75 Å². The Labute approximate surface area is 138 Å². The lowest BCUT2D eigenvalue weighted by Crippen LogP contribution is -2.27. The molecule has 1 saturated heterocycles. The molecule has 0 aliphatic carbocycles. The van der Waals surface area contributed by atoms with E-state index in [1.807, 2.05) is 54.6 Å². The number of hydrogen-bond donors (Lipinski definition) is 0. The van der Waals surface area contributed by atoms with Crippen LogP contribution in [0.1, 0.15) is 5.56 Å². The van der Waals surface area contributed by atoms with Crippen molar-refractivity contribution in [1.29, 1.82) is 0 Å². The van der Waals surface area contributed by atoms with Crippen LogP contribution in [0.5, 0.6) is 5.75 Å². The first-order valence-electron chi connectivity index (χ1n) is 6.66. The van der Waals surface area contributed by atoms with Gasteiger partial charge in [0.2, 0.25) is 0 Å². The quantitative estimate of drug-likeness (QED) is 0.627. The van der Waals surface area contributed by atoms with Gasteiger partial charge in [0, 0.05) is 6.07 Å². The number of carbonyl (C=O) groups is 1. The van der Waals surface area contributed by atoms with E-state index in [-0.39, 0.29) is 5.91 Å². The van der Waals surface area contributed by atoms with Crippen LogP contribution < -0.4 is 9.64 Å². The summed E-state index contributed by atoms with van der Waals surface area (Å²) in [6.45, 7) is 0. The van der Waals surface area contributed by atoms with Gasteiger partial charge in [-0.3, -0.25) is 9.69 Å². The number of amides is 1. The number of rotatable bonds is 3. The van der Waals surface area contributed by atoms with Gasteiger partial charge in [0.05, 0.1) is 17.7 Å².